The van der Waals surface area contributed by atoms with Crippen LogP contribution < -0.4 is 5.32 Å². The van der Waals surface area contributed by atoms with Crippen molar-refractivity contribution in [1.82, 2.24) is 24.6 Å². The number of hydrogen-bond acceptors (Lipinski definition) is 4. The van der Waals surface area contributed by atoms with Crippen LogP contribution >= 0.6 is 0 Å². The minimum absolute atomic E-state index is 0.0425. The standard InChI is InChI=1S/C16H25N5O/c1-13(6-10-21-9-4-7-18-21)19-14-5-3-12-22-15(14)16-17-8-11-20(16)2/h4,7-9,11,13-15,19H,3,5-6,10,12H2,1-2H3/t13-,14-,15-/m0/s1. The Morgan fingerprint density at radius 3 is 3.05 bits per heavy atom. The number of aromatic nitrogens is 4. The molecule has 0 radical (unpaired) electrons. The highest BCUT2D eigenvalue weighted by Gasteiger charge is 2.30. The van der Waals surface area contributed by atoms with E-state index < -0.39 is 0 Å². The van der Waals surface area contributed by atoms with E-state index in [0.717, 1.165) is 38.2 Å². The molecule has 1 fully saturated rings. The molecule has 0 unspecified atom stereocenters. The smallest absolute Gasteiger partial charge is 0.139 e. The van der Waals surface area contributed by atoms with Gasteiger partial charge in [-0.25, -0.2) is 4.98 Å². The predicted octanol–water partition coefficient (Wildman–Crippen LogP) is 1.91. The Bertz CT molecular complexity index is 565. The van der Waals surface area contributed by atoms with Gasteiger partial charge in [-0.15, -0.1) is 0 Å². The summed E-state index contributed by atoms with van der Waals surface area (Å²) in [6.07, 6.45) is 11.0. The number of imidazole rings is 1. The summed E-state index contributed by atoms with van der Waals surface area (Å²) in [6.45, 7) is 3.98. The third-order valence-corrected chi connectivity index (χ3v) is 4.28. The molecule has 0 aliphatic carbocycles. The van der Waals surface area contributed by atoms with Crippen LogP contribution in [0.2, 0.25) is 0 Å². The first-order valence-electron chi connectivity index (χ1n) is 8.06. The Morgan fingerprint density at radius 2 is 2.32 bits per heavy atom. The molecule has 0 bridgehead atoms. The van der Waals surface area contributed by atoms with Gasteiger partial charge in [0, 0.05) is 57.1 Å². The van der Waals surface area contributed by atoms with Crippen molar-refractivity contribution in [2.75, 3.05) is 6.61 Å². The third-order valence-electron chi connectivity index (χ3n) is 4.28. The Morgan fingerprint density at radius 1 is 1.41 bits per heavy atom. The lowest BCUT2D eigenvalue weighted by Crippen LogP contribution is -2.44. The molecular formula is C16H25N5O. The lowest BCUT2D eigenvalue weighted by Gasteiger charge is -2.34. The molecule has 22 heavy (non-hydrogen) atoms. The zero-order valence-electron chi connectivity index (χ0n) is 13.4. The van der Waals surface area contributed by atoms with Gasteiger partial charge >= 0.3 is 0 Å². The van der Waals surface area contributed by atoms with E-state index in [1.165, 1.54) is 0 Å². The molecule has 3 rings (SSSR count). The number of hydrogen-bond donors (Lipinski definition) is 1. The van der Waals surface area contributed by atoms with Gasteiger partial charge in [-0.05, 0) is 32.3 Å². The van der Waals surface area contributed by atoms with Gasteiger partial charge in [0.05, 0.1) is 0 Å². The Balaban J connectivity index is 1.58. The first-order chi connectivity index (χ1) is 10.7. The SMILES string of the molecule is C[C@@H](CCn1cccn1)N[C@H]1CCCO[C@@H]1c1nccn1C. The van der Waals surface area contributed by atoms with Crippen LogP contribution in [0.25, 0.3) is 0 Å². The van der Waals surface area contributed by atoms with Gasteiger partial charge in [-0.2, -0.15) is 5.10 Å². The molecule has 6 heteroatoms. The highest BCUT2D eigenvalue weighted by Crippen LogP contribution is 2.27. The zero-order chi connectivity index (χ0) is 15.4. The lowest BCUT2D eigenvalue weighted by molar-refractivity contribution is -0.0202. The second-order valence-corrected chi connectivity index (χ2v) is 6.06. The Labute approximate surface area is 131 Å². The van der Waals surface area contributed by atoms with Gasteiger partial charge in [-0.1, -0.05) is 0 Å². The van der Waals surface area contributed by atoms with Gasteiger partial charge in [0.2, 0.25) is 0 Å². The van der Waals surface area contributed by atoms with E-state index >= 15 is 0 Å². The summed E-state index contributed by atoms with van der Waals surface area (Å²) in [5.74, 6) is 1.01. The van der Waals surface area contributed by atoms with Gasteiger partial charge in [0.1, 0.15) is 11.9 Å². The molecule has 0 spiro atoms. The quantitative estimate of drug-likeness (QED) is 0.885. The number of ether oxygens (including phenoxy) is 1. The average molecular weight is 303 g/mol. The van der Waals surface area contributed by atoms with E-state index in [9.17, 15) is 0 Å². The molecule has 0 saturated carbocycles. The first-order valence-corrected chi connectivity index (χ1v) is 8.06. The topological polar surface area (TPSA) is 56.9 Å². The second-order valence-electron chi connectivity index (χ2n) is 6.06. The van der Waals surface area contributed by atoms with Crippen LogP contribution in [0, 0.1) is 0 Å². The van der Waals surface area contributed by atoms with Crippen LogP contribution in [0.5, 0.6) is 0 Å². The highest BCUT2D eigenvalue weighted by molar-refractivity contribution is 5.02. The van der Waals surface area contributed by atoms with Crippen LogP contribution in [-0.4, -0.2) is 38.0 Å². The summed E-state index contributed by atoms with van der Waals surface area (Å²) in [5, 5.41) is 7.98. The first kappa shape index (κ1) is 15.2. The molecule has 0 amide bonds. The summed E-state index contributed by atoms with van der Waals surface area (Å²) in [4.78, 5) is 4.47. The monoisotopic (exact) mass is 303 g/mol. The number of nitrogens with zero attached hydrogens (tertiary/aromatic N) is 4. The average Bonchev–Trinajstić information content (AvgIpc) is 3.17. The van der Waals surface area contributed by atoms with Crippen LogP contribution in [0.15, 0.2) is 30.9 Å². The summed E-state index contributed by atoms with van der Waals surface area (Å²) in [6, 6.07) is 2.70. The zero-order valence-corrected chi connectivity index (χ0v) is 13.4. The summed E-state index contributed by atoms with van der Waals surface area (Å²) < 4.78 is 10.0. The molecule has 6 nitrogen and oxygen atoms in total. The maximum atomic E-state index is 6.00. The van der Waals surface area contributed by atoms with Crippen LogP contribution in [-0.2, 0) is 18.3 Å². The maximum absolute atomic E-state index is 6.00. The molecule has 1 aliphatic rings. The van der Waals surface area contributed by atoms with Gasteiger partial charge in [0.15, 0.2) is 0 Å². The minimum Gasteiger partial charge on any atom is -0.369 e. The number of nitrogens with one attached hydrogen (secondary N) is 1. The van der Waals surface area contributed by atoms with Crippen molar-refractivity contribution in [2.24, 2.45) is 7.05 Å². The summed E-state index contributed by atoms with van der Waals surface area (Å²) in [7, 11) is 2.03. The van der Waals surface area contributed by atoms with Crippen molar-refractivity contribution < 1.29 is 4.74 Å². The van der Waals surface area contributed by atoms with Crippen molar-refractivity contribution >= 4 is 0 Å². The van der Waals surface area contributed by atoms with Crippen molar-refractivity contribution in [3.8, 4) is 0 Å². The largest absolute Gasteiger partial charge is 0.369 e. The summed E-state index contributed by atoms with van der Waals surface area (Å²) in [5.41, 5.74) is 0. The normalized spacial score (nSPS) is 23.5. The highest BCUT2D eigenvalue weighted by atomic mass is 16.5. The molecule has 2 aromatic heterocycles. The fraction of sp³-hybridized carbons (Fsp3) is 0.625. The van der Waals surface area contributed by atoms with Crippen LogP contribution in [0.3, 0.4) is 0 Å². The molecule has 0 aromatic carbocycles. The fourth-order valence-corrected chi connectivity index (χ4v) is 3.07. The van der Waals surface area contributed by atoms with Crippen LogP contribution in [0.4, 0.5) is 0 Å². The molecule has 1 N–H and O–H groups in total. The van der Waals surface area contributed by atoms with E-state index in [-0.39, 0.29) is 6.10 Å². The van der Waals surface area contributed by atoms with Crippen molar-refractivity contribution in [3.05, 3.63) is 36.7 Å². The predicted molar refractivity (Wildman–Crippen MR) is 84.4 cm³/mol. The van der Waals surface area contributed by atoms with E-state index in [1.807, 2.05) is 42.6 Å². The molecule has 3 atom stereocenters. The van der Waals surface area contributed by atoms with Crippen LogP contribution in [0.1, 0.15) is 38.1 Å². The molecule has 1 saturated heterocycles. The van der Waals surface area contributed by atoms with Crippen molar-refractivity contribution in [2.45, 2.75) is 50.9 Å². The van der Waals surface area contributed by atoms with E-state index in [2.05, 4.69) is 26.9 Å². The maximum Gasteiger partial charge on any atom is 0.139 e. The van der Waals surface area contributed by atoms with Gasteiger partial charge < -0.3 is 14.6 Å². The Kier molecular flexibility index (Phi) is 4.90. The number of aryl methyl sites for hydroxylation is 2. The van der Waals surface area contributed by atoms with E-state index in [1.54, 1.807) is 0 Å². The Hall–Kier alpha value is -1.66. The minimum atomic E-state index is 0.0425. The van der Waals surface area contributed by atoms with Crippen molar-refractivity contribution in [1.29, 1.82) is 0 Å². The van der Waals surface area contributed by atoms with Gasteiger partial charge in [0.25, 0.3) is 0 Å². The molecule has 3 heterocycles. The van der Waals surface area contributed by atoms with E-state index in [4.69, 9.17) is 4.74 Å². The molecule has 120 valence electrons. The number of rotatable bonds is 6. The molecule has 1 aliphatic heterocycles. The van der Waals surface area contributed by atoms with E-state index in [0.29, 0.717) is 12.1 Å². The molecular weight excluding hydrogens is 278 g/mol. The lowest BCUT2D eigenvalue weighted by atomic mass is 10.00. The second kappa shape index (κ2) is 7.07. The third kappa shape index (κ3) is 3.56. The van der Waals surface area contributed by atoms with Crippen molar-refractivity contribution in [3.63, 3.8) is 0 Å². The fourth-order valence-electron chi connectivity index (χ4n) is 3.07. The molecule has 2 aromatic rings. The summed E-state index contributed by atoms with van der Waals surface area (Å²) >= 11 is 0. The van der Waals surface area contributed by atoms with Gasteiger partial charge in [-0.3, -0.25) is 4.68 Å².